The molecule has 1 aromatic rings. The van der Waals surface area contributed by atoms with Crippen LogP contribution >= 0.6 is 0 Å². The highest BCUT2D eigenvalue weighted by molar-refractivity contribution is 4.97. The molecule has 0 radical (unpaired) electrons. The Morgan fingerprint density at radius 3 is 2.60 bits per heavy atom. The molecule has 2 fully saturated rings. The Morgan fingerprint density at radius 2 is 1.95 bits per heavy atom. The number of likely N-dealkylation sites (tertiary alicyclic amines) is 1. The van der Waals surface area contributed by atoms with E-state index >= 15 is 0 Å². The number of hydrogen-bond acceptors (Lipinski definition) is 2. The Hall–Kier alpha value is -0.830. The van der Waals surface area contributed by atoms with Gasteiger partial charge in [-0.3, -0.25) is 4.68 Å². The van der Waals surface area contributed by atoms with Gasteiger partial charge in [0, 0.05) is 25.5 Å². The summed E-state index contributed by atoms with van der Waals surface area (Å²) in [7, 11) is 0. The van der Waals surface area contributed by atoms with E-state index in [0.717, 1.165) is 18.4 Å². The van der Waals surface area contributed by atoms with Crippen LogP contribution in [0.15, 0.2) is 18.5 Å². The summed E-state index contributed by atoms with van der Waals surface area (Å²) in [5.41, 5.74) is 0.518. The standard InChI is InChI=1S/C17H29N3/c1-17(2)15(7-12-20-11-6-8-18-20)13-16(17)14-19-9-4-3-5-10-19/h6,8,11,15-16H,3-5,7,9-10,12-14H2,1-2H3/t15-,16?/m0/s1. The zero-order valence-corrected chi connectivity index (χ0v) is 13.1. The van der Waals surface area contributed by atoms with Gasteiger partial charge < -0.3 is 4.90 Å². The first-order valence-electron chi connectivity index (χ1n) is 8.36. The van der Waals surface area contributed by atoms with Crippen molar-refractivity contribution < 1.29 is 0 Å². The fourth-order valence-electron chi connectivity index (χ4n) is 4.10. The molecule has 2 atom stereocenters. The predicted molar refractivity (Wildman–Crippen MR) is 82.5 cm³/mol. The zero-order valence-electron chi connectivity index (χ0n) is 13.1. The Balaban J connectivity index is 1.46. The Bertz CT molecular complexity index is 404. The highest BCUT2D eigenvalue weighted by Gasteiger charge is 2.47. The first-order valence-corrected chi connectivity index (χ1v) is 8.36. The van der Waals surface area contributed by atoms with Gasteiger partial charge >= 0.3 is 0 Å². The second kappa shape index (κ2) is 5.88. The van der Waals surface area contributed by atoms with Gasteiger partial charge in [0.2, 0.25) is 0 Å². The van der Waals surface area contributed by atoms with E-state index in [2.05, 4.69) is 34.7 Å². The van der Waals surface area contributed by atoms with Crippen LogP contribution in [-0.4, -0.2) is 34.3 Å². The third-order valence-electron chi connectivity index (χ3n) is 5.87. The van der Waals surface area contributed by atoms with Gasteiger partial charge in [-0.15, -0.1) is 0 Å². The molecule has 0 spiro atoms. The van der Waals surface area contributed by atoms with E-state index in [1.807, 2.05) is 12.3 Å². The van der Waals surface area contributed by atoms with Crippen LogP contribution in [-0.2, 0) is 6.54 Å². The molecule has 1 aliphatic carbocycles. The van der Waals surface area contributed by atoms with Gasteiger partial charge in [0.05, 0.1) is 0 Å². The summed E-state index contributed by atoms with van der Waals surface area (Å²) in [6.45, 7) is 10.1. The van der Waals surface area contributed by atoms with Crippen molar-refractivity contribution in [2.75, 3.05) is 19.6 Å². The second-order valence-electron chi connectivity index (χ2n) is 7.37. The van der Waals surface area contributed by atoms with Crippen LogP contribution < -0.4 is 0 Å². The molecule has 0 N–H and O–H groups in total. The summed E-state index contributed by atoms with van der Waals surface area (Å²) in [6, 6.07) is 2.02. The molecular weight excluding hydrogens is 246 g/mol. The van der Waals surface area contributed by atoms with Gasteiger partial charge in [0.25, 0.3) is 0 Å². The van der Waals surface area contributed by atoms with Crippen LogP contribution in [0.1, 0.15) is 46.0 Å². The van der Waals surface area contributed by atoms with Crippen LogP contribution in [0.25, 0.3) is 0 Å². The topological polar surface area (TPSA) is 21.1 Å². The van der Waals surface area contributed by atoms with Crippen LogP contribution in [0.5, 0.6) is 0 Å². The fourth-order valence-corrected chi connectivity index (χ4v) is 4.10. The molecule has 1 saturated heterocycles. The second-order valence-corrected chi connectivity index (χ2v) is 7.37. The molecule has 20 heavy (non-hydrogen) atoms. The van der Waals surface area contributed by atoms with E-state index in [-0.39, 0.29) is 0 Å². The summed E-state index contributed by atoms with van der Waals surface area (Å²) in [5.74, 6) is 1.78. The molecule has 0 aromatic carbocycles. The van der Waals surface area contributed by atoms with Crippen molar-refractivity contribution in [3.63, 3.8) is 0 Å². The van der Waals surface area contributed by atoms with Crippen molar-refractivity contribution in [3.8, 4) is 0 Å². The third kappa shape index (κ3) is 2.93. The highest BCUT2D eigenvalue weighted by Crippen LogP contribution is 2.53. The smallest absolute Gasteiger partial charge is 0.0489 e. The summed E-state index contributed by atoms with van der Waals surface area (Å²) in [5, 5.41) is 4.32. The third-order valence-corrected chi connectivity index (χ3v) is 5.87. The molecule has 1 saturated carbocycles. The lowest BCUT2D eigenvalue weighted by atomic mass is 9.53. The van der Waals surface area contributed by atoms with Gasteiger partial charge in [-0.2, -0.15) is 5.10 Å². The Labute approximate surface area is 123 Å². The predicted octanol–water partition coefficient (Wildman–Crippen LogP) is 3.42. The van der Waals surface area contributed by atoms with Crippen LogP contribution in [0.4, 0.5) is 0 Å². The largest absolute Gasteiger partial charge is 0.303 e. The fraction of sp³-hybridized carbons (Fsp3) is 0.824. The lowest BCUT2D eigenvalue weighted by Crippen LogP contribution is -2.51. The van der Waals surface area contributed by atoms with Gasteiger partial charge in [0.15, 0.2) is 0 Å². The molecule has 112 valence electrons. The summed E-state index contributed by atoms with van der Waals surface area (Å²) >= 11 is 0. The molecule has 0 bridgehead atoms. The molecule has 2 aliphatic rings. The van der Waals surface area contributed by atoms with Crippen molar-refractivity contribution in [1.29, 1.82) is 0 Å². The van der Waals surface area contributed by atoms with E-state index in [1.165, 1.54) is 51.7 Å². The highest BCUT2D eigenvalue weighted by atomic mass is 15.3. The van der Waals surface area contributed by atoms with Crippen LogP contribution in [0.3, 0.4) is 0 Å². The molecular formula is C17H29N3. The maximum atomic E-state index is 4.32. The lowest BCUT2D eigenvalue weighted by molar-refractivity contribution is -0.0487. The first kappa shape index (κ1) is 14.1. The van der Waals surface area contributed by atoms with Crippen molar-refractivity contribution in [3.05, 3.63) is 18.5 Å². The Kier molecular flexibility index (Phi) is 4.16. The van der Waals surface area contributed by atoms with Crippen molar-refractivity contribution in [1.82, 2.24) is 14.7 Å². The number of aromatic nitrogens is 2. The number of aryl methyl sites for hydroxylation is 1. The van der Waals surface area contributed by atoms with Crippen molar-refractivity contribution >= 4 is 0 Å². The van der Waals surface area contributed by atoms with E-state index in [4.69, 9.17) is 0 Å². The van der Waals surface area contributed by atoms with E-state index < -0.39 is 0 Å². The minimum absolute atomic E-state index is 0.518. The molecule has 3 heteroatoms. The number of piperidine rings is 1. The molecule has 1 aromatic heterocycles. The van der Waals surface area contributed by atoms with E-state index in [1.54, 1.807) is 0 Å². The molecule has 3 rings (SSSR count). The zero-order chi connectivity index (χ0) is 14.0. The van der Waals surface area contributed by atoms with Gasteiger partial charge in [-0.05, 0) is 62.1 Å². The van der Waals surface area contributed by atoms with Gasteiger partial charge in [-0.25, -0.2) is 0 Å². The average molecular weight is 275 g/mol. The minimum Gasteiger partial charge on any atom is -0.303 e. The molecule has 3 nitrogen and oxygen atoms in total. The van der Waals surface area contributed by atoms with Gasteiger partial charge in [0.1, 0.15) is 0 Å². The lowest BCUT2D eigenvalue weighted by Gasteiger charge is -2.54. The maximum absolute atomic E-state index is 4.32. The Morgan fingerprint density at radius 1 is 1.15 bits per heavy atom. The quantitative estimate of drug-likeness (QED) is 0.821. The first-order chi connectivity index (χ1) is 9.66. The van der Waals surface area contributed by atoms with E-state index in [9.17, 15) is 0 Å². The number of hydrogen-bond donors (Lipinski definition) is 0. The van der Waals surface area contributed by atoms with Crippen molar-refractivity contribution in [2.45, 2.75) is 52.5 Å². The van der Waals surface area contributed by atoms with Crippen LogP contribution in [0, 0.1) is 17.3 Å². The molecule has 2 heterocycles. The number of nitrogens with zero attached hydrogens (tertiary/aromatic N) is 3. The van der Waals surface area contributed by atoms with E-state index in [0.29, 0.717) is 5.41 Å². The normalized spacial score (nSPS) is 30.1. The summed E-state index contributed by atoms with van der Waals surface area (Å²) in [6.07, 6.45) is 10.9. The monoisotopic (exact) mass is 275 g/mol. The summed E-state index contributed by atoms with van der Waals surface area (Å²) in [4.78, 5) is 2.71. The van der Waals surface area contributed by atoms with Gasteiger partial charge in [-0.1, -0.05) is 20.3 Å². The molecule has 1 unspecified atom stereocenters. The minimum atomic E-state index is 0.518. The summed E-state index contributed by atoms with van der Waals surface area (Å²) < 4.78 is 2.08. The SMILES string of the molecule is CC1(C)C(CN2CCCCC2)C[C@@H]1CCn1cccn1. The number of rotatable bonds is 5. The molecule has 0 amide bonds. The maximum Gasteiger partial charge on any atom is 0.0489 e. The molecule has 1 aliphatic heterocycles. The average Bonchev–Trinajstić information content (AvgIpc) is 2.96. The van der Waals surface area contributed by atoms with Crippen LogP contribution in [0.2, 0.25) is 0 Å². The van der Waals surface area contributed by atoms with Crippen molar-refractivity contribution in [2.24, 2.45) is 17.3 Å².